The van der Waals surface area contributed by atoms with E-state index in [4.69, 9.17) is 25.8 Å². The monoisotopic (exact) mass is 478 g/mol. The van der Waals surface area contributed by atoms with Crippen LogP contribution in [0.25, 0.3) is 11.4 Å². The summed E-state index contributed by atoms with van der Waals surface area (Å²) in [5, 5.41) is 7.18. The Morgan fingerprint density at radius 3 is 2.29 bits per heavy atom. The Morgan fingerprint density at radius 1 is 0.853 bits per heavy atom. The van der Waals surface area contributed by atoms with Gasteiger partial charge in [0.1, 0.15) is 12.1 Å². The Labute approximate surface area is 202 Å². The molecule has 0 radical (unpaired) electrons. The minimum absolute atomic E-state index is 0.344. The molecule has 2 aromatic heterocycles. The predicted octanol–water partition coefficient (Wildman–Crippen LogP) is 5.41. The number of halogens is 1. The van der Waals surface area contributed by atoms with Crippen molar-refractivity contribution in [2.75, 3.05) is 32.0 Å². The predicted molar refractivity (Wildman–Crippen MR) is 132 cm³/mol. The molecule has 2 heterocycles. The minimum Gasteiger partial charge on any atom is -0.493 e. The van der Waals surface area contributed by atoms with Crippen molar-refractivity contribution < 1.29 is 14.2 Å². The molecule has 9 nitrogen and oxygen atoms in total. The topological polar surface area (TPSA) is 103 Å². The van der Waals surface area contributed by atoms with Gasteiger partial charge in [0.05, 0.1) is 26.9 Å². The number of nitrogens with one attached hydrogen (secondary N) is 2. The van der Waals surface area contributed by atoms with Gasteiger partial charge >= 0.3 is 0 Å². The molecule has 4 rings (SSSR count). The summed E-state index contributed by atoms with van der Waals surface area (Å²) in [5.74, 6) is 2.92. The molecule has 0 bridgehead atoms. The number of aromatic nitrogens is 4. The number of anilines is 4. The van der Waals surface area contributed by atoms with Crippen molar-refractivity contribution in [2.45, 2.75) is 6.92 Å². The van der Waals surface area contributed by atoms with Crippen molar-refractivity contribution in [3.05, 3.63) is 65.6 Å². The van der Waals surface area contributed by atoms with Gasteiger partial charge in [-0.05, 0) is 42.8 Å². The average Bonchev–Trinajstić information content (AvgIpc) is 2.85. The highest BCUT2D eigenvalue weighted by molar-refractivity contribution is 6.30. The molecule has 10 heteroatoms. The van der Waals surface area contributed by atoms with E-state index >= 15 is 0 Å². The molecule has 0 atom stereocenters. The fraction of sp³-hybridized carbons (Fsp3) is 0.167. The third-order valence-electron chi connectivity index (χ3n) is 4.98. The summed E-state index contributed by atoms with van der Waals surface area (Å²) >= 11 is 6.09. The molecule has 0 spiro atoms. The van der Waals surface area contributed by atoms with E-state index in [0.717, 1.165) is 11.3 Å². The van der Waals surface area contributed by atoms with Crippen LogP contribution in [0.5, 0.6) is 17.2 Å². The van der Waals surface area contributed by atoms with Crippen LogP contribution in [0, 0.1) is 6.92 Å². The van der Waals surface area contributed by atoms with Gasteiger partial charge in [-0.1, -0.05) is 11.6 Å². The average molecular weight is 479 g/mol. The number of hydrogen-bond acceptors (Lipinski definition) is 9. The lowest BCUT2D eigenvalue weighted by Crippen LogP contribution is -2.04. The lowest BCUT2D eigenvalue weighted by Gasteiger charge is -2.15. The van der Waals surface area contributed by atoms with E-state index in [9.17, 15) is 0 Å². The molecule has 34 heavy (non-hydrogen) atoms. The van der Waals surface area contributed by atoms with E-state index in [1.54, 1.807) is 39.7 Å². The number of rotatable bonds is 8. The zero-order valence-electron chi connectivity index (χ0n) is 19.1. The minimum atomic E-state index is 0.344. The molecule has 4 aromatic rings. The number of benzene rings is 2. The van der Waals surface area contributed by atoms with Crippen LogP contribution in [-0.4, -0.2) is 41.3 Å². The van der Waals surface area contributed by atoms with E-state index in [0.29, 0.717) is 51.1 Å². The zero-order valence-corrected chi connectivity index (χ0v) is 19.8. The van der Waals surface area contributed by atoms with Crippen molar-refractivity contribution in [1.29, 1.82) is 0 Å². The van der Waals surface area contributed by atoms with Gasteiger partial charge in [0.2, 0.25) is 11.7 Å². The Balaban J connectivity index is 1.65. The number of ether oxygens (including phenoxy) is 3. The van der Waals surface area contributed by atoms with Crippen molar-refractivity contribution in [2.24, 2.45) is 0 Å². The molecule has 2 aromatic carbocycles. The van der Waals surface area contributed by atoms with Crippen molar-refractivity contribution in [3.63, 3.8) is 0 Å². The van der Waals surface area contributed by atoms with Gasteiger partial charge in [0.25, 0.3) is 0 Å². The highest BCUT2D eigenvalue weighted by Gasteiger charge is 2.15. The summed E-state index contributed by atoms with van der Waals surface area (Å²) in [7, 11) is 4.67. The van der Waals surface area contributed by atoms with Crippen molar-refractivity contribution in [3.8, 4) is 28.6 Å². The van der Waals surface area contributed by atoms with Crippen molar-refractivity contribution >= 4 is 34.7 Å². The Bertz CT molecular complexity index is 1290. The molecule has 0 aliphatic rings. The fourth-order valence-corrected chi connectivity index (χ4v) is 3.58. The standard InChI is InChI=1S/C24H23ClN6O3/c1-14-10-15(25)7-8-18(14)30-22-17(6-5-9-26-22)23-27-13-28-24(31-23)29-16-11-19(32-2)21(34-4)20(12-16)33-3/h5-13H,1-4H3,(H,26,30)(H,27,28,29,31). The molecule has 0 saturated heterocycles. The van der Waals surface area contributed by atoms with Gasteiger partial charge in [-0.15, -0.1) is 0 Å². The number of nitrogens with zero attached hydrogens (tertiary/aromatic N) is 4. The summed E-state index contributed by atoms with van der Waals surface area (Å²) < 4.78 is 16.2. The molecule has 2 N–H and O–H groups in total. The second kappa shape index (κ2) is 10.2. The molecule has 0 fully saturated rings. The Morgan fingerprint density at radius 2 is 1.62 bits per heavy atom. The summed E-state index contributed by atoms with van der Waals surface area (Å²) in [6, 6.07) is 12.9. The van der Waals surface area contributed by atoms with E-state index in [1.165, 1.54) is 6.33 Å². The van der Waals surface area contributed by atoms with Gasteiger partial charge in [-0.2, -0.15) is 4.98 Å². The van der Waals surface area contributed by atoms with Crippen LogP contribution in [-0.2, 0) is 0 Å². The molecule has 0 unspecified atom stereocenters. The highest BCUT2D eigenvalue weighted by Crippen LogP contribution is 2.40. The van der Waals surface area contributed by atoms with Gasteiger partial charge in [-0.3, -0.25) is 0 Å². The van der Waals surface area contributed by atoms with Crippen LogP contribution in [0.3, 0.4) is 0 Å². The summed E-state index contributed by atoms with van der Waals surface area (Å²) in [6.07, 6.45) is 3.14. The first kappa shape index (κ1) is 23.1. The number of methoxy groups -OCH3 is 3. The molecule has 0 aliphatic carbocycles. The Hall–Kier alpha value is -4.11. The largest absolute Gasteiger partial charge is 0.493 e. The van der Waals surface area contributed by atoms with Crippen LogP contribution < -0.4 is 24.8 Å². The van der Waals surface area contributed by atoms with Crippen LogP contribution in [0.15, 0.2) is 55.0 Å². The van der Waals surface area contributed by atoms with Crippen LogP contribution in [0.2, 0.25) is 5.02 Å². The molecule has 0 aliphatic heterocycles. The molecule has 0 saturated carbocycles. The maximum atomic E-state index is 6.09. The van der Waals surface area contributed by atoms with E-state index < -0.39 is 0 Å². The zero-order chi connectivity index (χ0) is 24.1. The smallest absolute Gasteiger partial charge is 0.230 e. The molecular formula is C24H23ClN6O3. The quantitative estimate of drug-likeness (QED) is 0.344. The summed E-state index contributed by atoms with van der Waals surface area (Å²) in [6.45, 7) is 1.97. The second-order valence-electron chi connectivity index (χ2n) is 7.16. The lowest BCUT2D eigenvalue weighted by atomic mass is 10.2. The van der Waals surface area contributed by atoms with E-state index in [2.05, 4.69) is 30.6 Å². The molecular weight excluding hydrogens is 456 g/mol. The van der Waals surface area contributed by atoms with Gasteiger partial charge in [0.15, 0.2) is 17.3 Å². The van der Waals surface area contributed by atoms with Crippen LogP contribution >= 0.6 is 11.6 Å². The SMILES string of the molecule is COc1cc(Nc2ncnc(-c3cccnc3Nc3ccc(Cl)cc3C)n2)cc(OC)c1OC. The van der Waals surface area contributed by atoms with E-state index in [-0.39, 0.29) is 0 Å². The first-order valence-corrected chi connectivity index (χ1v) is 10.6. The Kier molecular flexibility index (Phi) is 6.93. The van der Waals surface area contributed by atoms with Crippen molar-refractivity contribution in [1.82, 2.24) is 19.9 Å². The summed E-state index contributed by atoms with van der Waals surface area (Å²) in [4.78, 5) is 17.7. The molecule has 0 amide bonds. The van der Waals surface area contributed by atoms with Gasteiger partial charge in [-0.25, -0.2) is 15.0 Å². The lowest BCUT2D eigenvalue weighted by molar-refractivity contribution is 0.324. The molecule has 174 valence electrons. The number of aryl methyl sites for hydroxylation is 1. The first-order valence-electron chi connectivity index (χ1n) is 10.3. The van der Waals surface area contributed by atoms with Crippen LogP contribution in [0.4, 0.5) is 23.1 Å². The second-order valence-corrected chi connectivity index (χ2v) is 7.59. The maximum Gasteiger partial charge on any atom is 0.230 e. The van der Waals surface area contributed by atoms with E-state index in [1.807, 2.05) is 37.3 Å². The fourth-order valence-electron chi connectivity index (χ4n) is 3.35. The van der Waals surface area contributed by atoms with Crippen LogP contribution in [0.1, 0.15) is 5.56 Å². The highest BCUT2D eigenvalue weighted by atomic mass is 35.5. The van der Waals surface area contributed by atoms with Gasteiger partial charge < -0.3 is 24.8 Å². The summed E-state index contributed by atoms with van der Waals surface area (Å²) in [5.41, 5.74) is 3.25. The van der Waals surface area contributed by atoms with Gasteiger partial charge in [0, 0.05) is 34.7 Å². The third kappa shape index (κ3) is 4.94. The third-order valence-corrected chi connectivity index (χ3v) is 5.22. The first-order chi connectivity index (χ1) is 16.5. The maximum absolute atomic E-state index is 6.09. The number of pyridine rings is 1. The normalized spacial score (nSPS) is 10.5. The number of hydrogen-bond donors (Lipinski definition) is 2.